The molecule has 0 aliphatic heterocycles. The molecule has 0 bridgehead atoms. The van der Waals surface area contributed by atoms with E-state index in [-0.39, 0.29) is 11.7 Å². The van der Waals surface area contributed by atoms with Crippen molar-refractivity contribution in [2.24, 2.45) is 0 Å². The Kier molecular flexibility index (Phi) is 5.14. The second-order valence-corrected chi connectivity index (χ2v) is 6.82. The number of anilines is 1. The topological polar surface area (TPSA) is 72.7 Å². The van der Waals surface area contributed by atoms with E-state index in [0.29, 0.717) is 5.16 Å². The summed E-state index contributed by atoms with van der Waals surface area (Å²) in [6.45, 7) is 6.01. The molecule has 3 aromatic rings. The lowest BCUT2D eigenvalue weighted by atomic mass is 10.1. The smallest absolute Gasteiger partial charge is 0.234 e. The summed E-state index contributed by atoms with van der Waals surface area (Å²) in [4.78, 5) is 12.2. The summed E-state index contributed by atoms with van der Waals surface area (Å²) in [5.41, 5.74) is 5.01. The van der Waals surface area contributed by atoms with E-state index in [9.17, 15) is 4.79 Å². The molecule has 128 valence electrons. The van der Waals surface area contributed by atoms with E-state index in [1.165, 1.54) is 11.8 Å². The molecule has 0 spiro atoms. The van der Waals surface area contributed by atoms with Crippen LogP contribution in [-0.4, -0.2) is 31.9 Å². The third-order valence-electron chi connectivity index (χ3n) is 3.62. The largest absolute Gasteiger partial charge is 0.325 e. The van der Waals surface area contributed by atoms with Gasteiger partial charge in [0.2, 0.25) is 11.1 Å². The molecule has 1 aromatic heterocycles. The van der Waals surface area contributed by atoms with Gasteiger partial charge in [-0.1, -0.05) is 36.0 Å². The number of benzene rings is 2. The fourth-order valence-electron chi connectivity index (χ4n) is 2.60. The first-order valence-electron chi connectivity index (χ1n) is 7.88. The van der Waals surface area contributed by atoms with Crippen molar-refractivity contribution in [3.05, 3.63) is 59.2 Å². The molecule has 0 aliphatic carbocycles. The molecule has 25 heavy (non-hydrogen) atoms. The maximum atomic E-state index is 12.2. The minimum absolute atomic E-state index is 0.0886. The Morgan fingerprint density at radius 2 is 1.84 bits per heavy atom. The van der Waals surface area contributed by atoms with Crippen LogP contribution in [0.15, 0.2) is 47.6 Å². The van der Waals surface area contributed by atoms with Crippen molar-refractivity contribution in [2.75, 3.05) is 11.1 Å². The van der Waals surface area contributed by atoms with Crippen molar-refractivity contribution in [1.82, 2.24) is 20.2 Å². The first kappa shape index (κ1) is 17.2. The van der Waals surface area contributed by atoms with Crippen LogP contribution in [0.4, 0.5) is 5.69 Å². The highest BCUT2D eigenvalue weighted by atomic mass is 32.2. The third kappa shape index (κ3) is 4.24. The predicted molar refractivity (Wildman–Crippen MR) is 99.2 cm³/mol. The average molecular weight is 353 g/mol. The summed E-state index contributed by atoms with van der Waals surface area (Å²) in [6.07, 6.45) is 0. The Bertz CT molecular complexity index is 886. The lowest BCUT2D eigenvalue weighted by molar-refractivity contribution is -0.113. The van der Waals surface area contributed by atoms with Crippen molar-refractivity contribution in [2.45, 2.75) is 25.9 Å². The molecule has 0 unspecified atom stereocenters. The molecular weight excluding hydrogens is 334 g/mol. The second-order valence-electron chi connectivity index (χ2n) is 5.87. The summed E-state index contributed by atoms with van der Waals surface area (Å²) < 4.78 is 1.66. The lowest BCUT2D eigenvalue weighted by Gasteiger charge is -2.08. The van der Waals surface area contributed by atoms with Gasteiger partial charge in [0.1, 0.15) is 0 Å². The van der Waals surface area contributed by atoms with E-state index in [1.54, 1.807) is 4.68 Å². The molecule has 1 N–H and O–H groups in total. The van der Waals surface area contributed by atoms with E-state index in [1.807, 2.05) is 57.2 Å². The quantitative estimate of drug-likeness (QED) is 0.713. The van der Waals surface area contributed by atoms with Gasteiger partial charge in [0.15, 0.2) is 0 Å². The van der Waals surface area contributed by atoms with Gasteiger partial charge >= 0.3 is 0 Å². The highest BCUT2D eigenvalue weighted by molar-refractivity contribution is 7.99. The number of carbonyl (C=O) groups is 1. The molecule has 2 aromatic carbocycles. The summed E-state index contributed by atoms with van der Waals surface area (Å²) >= 11 is 1.31. The number of aromatic nitrogens is 4. The van der Waals surface area contributed by atoms with Crippen LogP contribution in [-0.2, 0) is 4.79 Å². The first-order chi connectivity index (χ1) is 12.0. The number of hydrogen-bond donors (Lipinski definition) is 1. The molecule has 3 rings (SSSR count). The van der Waals surface area contributed by atoms with E-state index in [0.717, 1.165) is 28.1 Å². The molecule has 6 nitrogen and oxygen atoms in total. The maximum Gasteiger partial charge on any atom is 0.234 e. The zero-order chi connectivity index (χ0) is 17.8. The number of rotatable bonds is 5. The molecule has 0 radical (unpaired) electrons. The van der Waals surface area contributed by atoms with Gasteiger partial charge in [0.05, 0.1) is 11.4 Å². The van der Waals surface area contributed by atoms with Crippen LogP contribution in [0.5, 0.6) is 0 Å². The summed E-state index contributed by atoms with van der Waals surface area (Å²) in [5, 5.41) is 15.3. The summed E-state index contributed by atoms with van der Waals surface area (Å²) in [7, 11) is 0. The number of hydrogen-bond acceptors (Lipinski definition) is 5. The lowest BCUT2D eigenvalue weighted by Crippen LogP contribution is -2.15. The van der Waals surface area contributed by atoms with Crippen molar-refractivity contribution in [3.63, 3.8) is 0 Å². The highest BCUT2D eigenvalue weighted by Gasteiger charge is 2.13. The van der Waals surface area contributed by atoms with Gasteiger partial charge < -0.3 is 5.32 Å². The Hall–Kier alpha value is -2.67. The normalized spacial score (nSPS) is 10.7. The molecule has 0 saturated heterocycles. The minimum Gasteiger partial charge on any atom is -0.325 e. The number of carbonyl (C=O) groups excluding carboxylic acids is 1. The molecule has 7 heteroatoms. The van der Waals surface area contributed by atoms with Gasteiger partial charge in [-0.2, -0.15) is 4.68 Å². The third-order valence-corrected chi connectivity index (χ3v) is 4.54. The standard InChI is InChI=1S/C18H19N5OS/c1-12-8-13(2)10-15(9-12)19-17(24)11-25-18-20-21-22-23(18)16-7-5-4-6-14(16)3/h4-10H,11H2,1-3H3,(H,19,24). The van der Waals surface area contributed by atoms with E-state index >= 15 is 0 Å². The first-order valence-corrected chi connectivity index (χ1v) is 8.87. The van der Waals surface area contributed by atoms with Crippen LogP contribution in [0, 0.1) is 20.8 Å². The second kappa shape index (κ2) is 7.48. The van der Waals surface area contributed by atoms with E-state index < -0.39 is 0 Å². The van der Waals surface area contributed by atoms with Crippen molar-refractivity contribution >= 4 is 23.4 Å². The molecule has 1 heterocycles. The molecule has 1 amide bonds. The van der Waals surface area contributed by atoms with Gasteiger partial charge in [-0.3, -0.25) is 4.79 Å². The van der Waals surface area contributed by atoms with Gasteiger partial charge in [0, 0.05) is 5.69 Å². The average Bonchev–Trinajstić information content (AvgIpc) is 3.00. The van der Waals surface area contributed by atoms with Gasteiger partial charge in [-0.05, 0) is 66.1 Å². The van der Waals surface area contributed by atoms with Crippen LogP contribution in [0.25, 0.3) is 5.69 Å². The molecular formula is C18H19N5OS. The van der Waals surface area contributed by atoms with Gasteiger partial charge in [0.25, 0.3) is 0 Å². The summed E-state index contributed by atoms with van der Waals surface area (Å²) in [5.74, 6) is 0.147. The highest BCUT2D eigenvalue weighted by Crippen LogP contribution is 2.21. The Balaban J connectivity index is 1.67. The minimum atomic E-state index is -0.0886. The molecule has 0 atom stereocenters. The number of para-hydroxylation sites is 1. The van der Waals surface area contributed by atoms with Gasteiger partial charge in [-0.15, -0.1) is 5.10 Å². The molecule has 0 saturated carbocycles. The Morgan fingerprint density at radius 3 is 2.56 bits per heavy atom. The number of thioether (sulfide) groups is 1. The van der Waals surface area contributed by atoms with Gasteiger partial charge in [-0.25, -0.2) is 0 Å². The van der Waals surface area contributed by atoms with E-state index in [4.69, 9.17) is 0 Å². The number of nitrogens with one attached hydrogen (secondary N) is 1. The SMILES string of the molecule is Cc1cc(C)cc(NC(=O)CSc2nnnn2-c2ccccc2C)c1. The number of nitrogens with zero attached hydrogens (tertiary/aromatic N) is 4. The maximum absolute atomic E-state index is 12.2. The number of tetrazole rings is 1. The Morgan fingerprint density at radius 1 is 1.12 bits per heavy atom. The monoisotopic (exact) mass is 353 g/mol. The molecule has 0 aliphatic rings. The van der Waals surface area contributed by atoms with Crippen LogP contribution in [0.1, 0.15) is 16.7 Å². The van der Waals surface area contributed by atoms with Crippen LogP contribution in [0.3, 0.4) is 0 Å². The van der Waals surface area contributed by atoms with Crippen LogP contribution >= 0.6 is 11.8 Å². The van der Waals surface area contributed by atoms with Crippen molar-refractivity contribution in [1.29, 1.82) is 0 Å². The summed E-state index contributed by atoms with van der Waals surface area (Å²) in [6, 6.07) is 13.8. The van der Waals surface area contributed by atoms with E-state index in [2.05, 4.69) is 26.9 Å². The van der Waals surface area contributed by atoms with Crippen LogP contribution < -0.4 is 5.32 Å². The Labute approximate surface area is 150 Å². The fourth-order valence-corrected chi connectivity index (χ4v) is 3.28. The number of aryl methyl sites for hydroxylation is 3. The van der Waals surface area contributed by atoms with Crippen LogP contribution in [0.2, 0.25) is 0 Å². The zero-order valence-electron chi connectivity index (χ0n) is 14.4. The molecule has 0 fully saturated rings. The fraction of sp³-hybridized carbons (Fsp3) is 0.222. The predicted octanol–water partition coefficient (Wildman–Crippen LogP) is 3.32. The number of amides is 1. The zero-order valence-corrected chi connectivity index (χ0v) is 15.2. The van der Waals surface area contributed by atoms with Crippen molar-refractivity contribution < 1.29 is 4.79 Å². The van der Waals surface area contributed by atoms with Crippen molar-refractivity contribution in [3.8, 4) is 5.69 Å².